The predicted molar refractivity (Wildman–Crippen MR) is 84.7 cm³/mol. The lowest BCUT2D eigenvalue weighted by Crippen LogP contribution is -2.25. The van der Waals surface area contributed by atoms with Crippen LogP contribution >= 0.6 is 0 Å². The van der Waals surface area contributed by atoms with Crippen molar-refractivity contribution >= 4 is 0 Å². The van der Waals surface area contributed by atoms with E-state index in [1.54, 1.807) is 7.11 Å². The molecule has 1 aliphatic heterocycles. The number of hydrogen-bond acceptors (Lipinski definition) is 4. The van der Waals surface area contributed by atoms with Gasteiger partial charge in [-0.2, -0.15) is 5.10 Å². The van der Waals surface area contributed by atoms with E-state index in [0.29, 0.717) is 6.54 Å². The predicted octanol–water partition coefficient (Wildman–Crippen LogP) is 2.22. The fourth-order valence-electron chi connectivity index (χ4n) is 3.24. The van der Waals surface area contributed by atoms with Crippen molar-refractivity contribution in [2.24, 2.45) is 0 Å². The summed E-state index contributed by atoms with van der Waals surface area (Å²) in [6.45, 7) is 4.45. The van der Waals surface area contributed by atoms with Crippen molar-refractivity contribution < 1.29 is 9.84 Å². The van der Waals surface area contributed by atoms with E-state index in [2.05, 4.69) is 35.1 Å². The molecule has 118 valence electrons. The molecule has 2 aromatic rings. The summed E-state index contributed by atoms with van der Waals surface area (Å²) in [5, 5.41) is 14.4. The minimum atomic E-state index is -0.283. The normalized spacial score (nSPS) is 22.1. The average Bonchev–Trinajstić information content (AvgIpc) is 3.14. The van der Waals surface area contributed by atoms with E-state index in [9.17, 15) is 5.11 Å². The molecule has 22 heavy (non-hydrogen) atoms. The Labute approximate surface area is 131 Å². The van der Waals surface area contributed by atoms with Crippen molar-refractivity contribution in [1.29, 1.82) is 0 Å². The highest BCUT2D eigenvalue weighted by Crippen LogP contribution is 2.34. The minimum absolute atomic E-state index is 0.213. The van der Waals surface area contributed by atoms with Gasteiger partial charge in [-0.1, -0.05) is 12.1 Å². The molecule has 1 saturated heterocycles. The fourth-order valence-corrected chi connectivity index (χ4v) is 3.24. The zero-order chi connectivity index (χ0) is 15.5. The van der Waals surface area contributed by atoms with Crippen LogP contribution in [-0.2, 0) is 13.1 Å². The van der Waals surface area contributed by atoms with Crippen molar-refractivity contribution in [2.75, 3.05) is 13.7 Å². The molecule has 1 aromatic carbocycles. The van der Waals surface area contributed by atoms with Gasteiger partial charge in [-0.3, -0.25) is 9.58 Å². The van der Waals surface area contributed by atoms with Gasteiger partial charge in [0.1, 0.15) is 5.75 Å². The monoisotopic (exact) mass is 301 g/mol. The summed E-state index contributed by atoms with van der Waals surface area (Å²) in [6, 6.07) is 10.4. The number of aromatic nitrogens is 2. The van der Waals surface area contributed by atoms with Crippen LogP contribution in [0.2, 0.25) is 0 Å². The van der Waals surface area contributed by atoms with Gasteiger partial charge in [-0.25, -0.2) is 0 Å². The zero-order valence-corrected chi connectivity index (χ0v) is 13.1. The molecule has 0 radical (unpaired) electrons. The van der Waals surface area contributed by atoms with Crippen molar-refractivity contribution in [3.8, 4) is 5.75 Å². The number of aliphatic hydroxyl groups excluding tert-OH is 1. The Balaban J connectivity index is 1.82. The van der Waals surface area contributed by atoms with Gasteiger partial charge >= 0.3 is 0 Å². The SMILES string of the molecule is CCn1nccc1CN1C[C@H](O)C[C@H]1c1cccc(OC)c1. The third-order valence-corrected chi connectivity index (χ3v) is 4.33. The van der Waals surface area contributed by atoms with Crippen LogP contribution in [0.3, 0.4) is 0 Å². The molecule has 0 bridgehead atoms. The molecule has 1 aromatic heterocycles. The molecule has 0 saturated carbocycles. The number of β-amino-alcohol motifs (C(OH)–C–C–N with tert-alkyl or cyclic N) is 1. The Kier molecular flexibility index (Phi) is 4.45. The van der Waals surface area contributed by atoms with Crippen LogP contribution < -0.4 is 4.74 Å². The maximum atomic E-state index is 10.1. The van der Waals surface area contributed by atoms with Crippen LogP contribution in [-0.4, -0.2) is 39.5 Å². The number of likely N-dealkylation sites (tertiary alicyclic amines) is 1. The lowest BCUT2D eigenvalue weighted by atomic mass is 10.0. The van der Waals surface area contributed by atoms with Gasteiger partial charge < -0.3 is 9.84 Å². The molecule has 0 unspecified atom stereocenters. The Bertz CT molecular complexity index is 626. The Morgan fingerprint density at radius 3 is 3.00 bits per heavy atom. The molecule has 0 amide bonds. The molecule has 1 N–H and O–H groups in total. The van der Waals surface area contributed by atoms with E-state index in [1.807, 2.05) is 23.0 Å². The molecule has 3 rings (SSSR count). The largest absolute Gasteiger partial charge is 0.497 e. The van der Waals surface area contributed by atoms with Crippen LogP contribution in [0.4, 0.5) is 0 Å². The number of benzene rings is 1. The van der Waals surface area contributed by atoms with Crippen molar-refractivity contribution in [2.45, 2.75) is 38.6 Å². The van der Waals surface area contributed by atoms with Crippen molar-refractivity contribution in [1.82, 2.24) is 14.7 Å². The number of methoxy groups -OCH3 is 1. The number of rotatable bonds is 5. The first kappa shape index (κ1) is 15.1. The van der Waals surface area contributed by atoms with Gasteiger partial charge in [0.05, 0.1) is 18.9 Å². The van der Waals surface area contributed by atoms with Gasteiger partial charge in [-0.15, -0.1) is 0 Å². The van der Waals surface area contributed by atoms with E-state index >= 15 is 0 Å². The summed E-state index contributed by atoms with van der Waals surface area (Å²) >= 11 is 0. The van der Waals surface area contributed by atoms with E-state index in [-0.39, 0.29) is 12.1 Å². The maximum absolute atomic E-state index is 10.1. The Morgan fingerprint density at radius 1 is 1.36 bits per heavy atom. The molecular formula is C17H23N3O2. The highest BCUT2D eigenvalue weighted by atomic mass is 16.5. The third-order valence-electron chi connectivity index (χ3n) is 4.33. The van der Waals surface area contributed by atoms with Crippen molar-refractivity contribution in [3.05, 3.63) is 47.8 Å². The topological polar surface area (TPSA) is 50.5 Å². The van der Waals surface area contributed by atoms with E-state index in [0.717, 1.165) is 25.3 Å². The first-order valence-corrected chi connectivity index (χ1v) is 7.78. The summed E-state index contributed by atoms with van der Waals surface area (Å²) in [7, 11) is 1.68. The molecule has 1 aliphatic rings. The number of nitrogens with zero attached hydrogens (tertiary/aromatic N) is 3. The Morgan fingerprint density at radius 2 is 2.23 bits per heavy atom. The van der Waals surface area contributed by atoms with Crippen LogP contribution in [0.25, 0.3) is 0 Å². The quantitative estimate of drug-likeness (QED) is 0.920. The smallest absolute Gasteiger partial charge is 0.119 e. The summed E-state index contributed by atoms with van der Waals surface area (Å²) in [5.74, 6) is 0.859. The molecule has 0 aliphatic carbocycles. The first-order valence-electron chi connectivity index (χ1n) is 7.78. The highest BCUT2D eigenvalue weighted by molar-refractivity contribution is 5.31. The van der Waals surface area contributed by atoms with Gasteiger partial charge in [-0.05, 0) is 37.1 Å². The van der Waals surface area contributed by atoms with Gasteiger partial charge in [0.2, 0.25) is 0 Å². The summed E-state index contributed by atoms with van der Waals surface area (Å²) in [5.41, 5.74) is 2.38. The third kappa shape index (κ3) is 3.00. The van der Waals surface area contributed by atoms with Gasteiger partial charge in [0.25, 0.3) is 0 Å². The number of aliphatic hydroxyl groups is 1. The number of hydrogen-bond donors (Lipinski definition) is 1. The first-order chi connectivity index (χ1) is 10.7. The van der Waals surface area contributed by atoms with Crippen molar-refractivity contribution in [3.63, 3.8) is 0 Å². The minimum Gasteiger partial charge on any atom is -0.497 e. The van der Waals surface area contributed by atoms with Crippen LogP contribution in [0.5, 0.6) is 5.75 Å². The van der Waals surface area contributed by atoms with Crippen LogP contribution in [0.15, 0.2) is 36.5 Å². The lowest BCUT2D eigenvalue weighted by Gasteiger charge is -2.25. The van der Waals surface area contributed by atoms with E-state index in [4.69, 9.17) is 4.74 Å². The standard InChI is InChI=1S/C17H23N3O2/c1-3-20-14(7-8-18-20)11-19-12-15(21)10-17(19)13-5-4-6-16(9-13)22-2/h4-9,15,17,21H,3,10-12H2,1-2H3/t15-,17+/m1/s1. The van der Waals surface area contributed by atoms with E-state index < -0.39 is 0 Å². The zero-order valence-electron chi connectivity index (χ0n) is 13.1. The fraction of sp³-hybridized carbons (Fsp3) is 0.471. The maximum Gasteiger partial charge on any atom is 0.119 e. The van der Waals surface area contributed by atoms with Crippen LogP contribution in [0, 0.1) is 0 Å². The van der Waals surface area contributed by atoms with Gasteiger partial charge in [0.15, 0.2) is 0 Å². The molecule has 1 fully saturated rings. The summed E-state index contributed by atoms with van der Waals surface area (Å²) in [4.78, 5) is 2.32. The molecule has 5 nitrogen and oxygen atoms in total. The average molecular weight is 301 g/mol. The second kappa shape index (κ2) is 6.50. The second-order valence-electron chi connectivity index (χ2n) is 5.75. The van der Waals surface area contributed by atoms with E-state index in [1.165, 1.54) is 11.3 Å². The Hall–Kier alpha value is -1.85. The molecular weight excluding hydrogens is 278 g/mol. The lowest BCUT2D eigenvalue weighted by molar-refractivity contribution is 0.171. The molecule has 0 spiro atoms. The molecule has 2 atom stereocenters. The summed E-state index contributed by atoms with van der Waals surface area (Å²) in [6.07, 6.45) is 2.31. The second-order valence-corrected chi connectivity index (χ2v) is 5.75. The molecule has 2 heterocycles. The summed E-state index contributed by atoms with van der Waals surface area (Å²) < 4.78 is 7.33. The number of ether oxygens (including phenoxy) is 1. The number of aryl methyl sites for hydroxylation is 1. The molecule has 5 heteroatoms. The van der Waals surface area contributed by atoms with Gasteiger partial charge in [0, 0.05) is 31.9 Å². The van der Waals surface area contributed by atoms with Crippen LogP contribution in [0.1, 0.15) is 30.6 Å². The highest BCUT2D eigenvalue weighted by Gasteiger charge is 2.32.